The summed E-state index contributed by atoms with van der Waals surface area (Å²) >= 11 is 6.13. The highest BCUT2D eigenvalue weighted by molar-refractivity contribution is 6.31. The van der Waals surface area contributed by atoms with Gasteiger partial charge in [-0.1, -0.05) is 49.7 Å². The summed E-state index contributed by atoms with van der Waals surface area (Å²) in [4.78, 5) is 28.5. The zero-order valence-corrected chi connectivity index (χ0v) is 18.7. The number of nitrogens with zero attached hydrogens (tertiary/aromatic N) is 3. The van der Waals surface area contributed by atoms with Crippen LogP contribution < -0.4 is 11.2 Å². The zero-order chi connectivity index (χ0) is 22.1. The summed E-state index contributed by atoms with van der Waals surface area (Å²) in [6.45, 7) is 6.48. The second-order valence-corrected chi connectivity index (χ2v) is 9.21. The Morgan fingerprint density at radius 2 is 1.74 bits per heavy atom. The van der Waals surface area contributed by atoms with E-state index in [0.717, 1.165) is 24.1 Å². The molecule has 3 aromatic rings. The van der Waals surface area contributed by atoms with E-state index in [1.165, 1.54) is 11.1 Å². The first kappa shape index (κ1) is 21.8. The van der Waals surface area contributed by atoms with Gasteiger partial charge in [-0.2, -0.15) is 0 Å². The molecule has 1 aliphatic rings. The Bertz CT molecular complexity index is 1210. The molecule has 1 aliphatic heterocycles. The summed E-state index contributed by atoms with van der Waals surface area (Å²) in [5.41, 5.74) is 2.37. The highest BCUT2D eigenvalue weighted by Crippen LogP contribution is 2.19. The monoisotopic (exact) mass is 441 g/mol. The molecule has 4 rings (SSSR count). The van der Waals surface area contributed by atoms with Crippen LogP contribution in [0, 0.1) is 5.92 Å². The van der Waals surface area contributed by atoms with E-state index in [1.807, 2.05) is 26.0 Å². The fraction of sp³-hybridized carbons (Fsp3) is 0.417. The Labute approximate surface area is 186 Å². The minimum absolute atomic E-state index is 0.0453. The summed E-state index contributed by atoms with van der Waals surface area (Å²) in [5.74, 6) is 0.223. The number of halogens is 1. The van der Waals surface area contributed by atoms with E-state index in [9.17, 15) is 14.7 Å². The third-order valence-corrected chi connectivity index (χ3v) is 6.04. The van der Waals surface area contributed by atoms with Gasteiger partial charge in [-0.05, 0) is 41.7 Å². The van der Waals surface area contributed by atoms with Gasteiger partial charge < -0.3 is 5.11 Å². The Morgan fingerprint density at radius 1 is 1.00 bits per heavy atom. The van der Waals surface area contributed by atoms with Crippen molar-refractivity contribution in [2.24, 2.45) is 5.92 Å². The third-order valence-electron chi connectivity index (χ3n) is 5.81. The van der Waals surface area contributed by atoms with Crippen LogP contribution in [0.1, 0.15) is 25.0 Å². The lowest BCUT2D eigenvalue weighted by Crippen LogP contribution is -2.45. The van der Waals surface area contributed by atoms with Gasteiger partial charge in [0.25, 0.3) is 5.56 Å². The van der Waals surface area contributed by atoms with Gasteiger partial charge in [0.15, 0.2) is 0 Å². The highest BCUT2D eigenvalue weighted by atomic mass is 35.5. The zero-order valence-electron chi connectivity index (χ0n) is 17.9. The summed E-state index contributed by atoms with van der Waals surface area (Å²) < 4.78 is 2.77. The van der Waals surface area contributed by atoms with Crippen LogP contribution in [0.25, 0.3) is 10.9 Å². The van der Waals surface area contributed by atoms with E-state index < -0.39 is 17.4 Å². The molecule has 164 valence electrons. The van der Waals surface area contributed by atoms with Crippen molar-refractivity contribution < 1.29 is 5.11 Å². The molecule has 1 N–H and O–H groups in total. The average Bonchev–Trinajstić information content (AvgIpc) is 2.74. The third kappa shape index (κ3) is 4.61. The SMILES string of the molecule is CC(C)Cn1c(=O)n(C[C@H](O)CN2CCc3ccccc3C2)c(=O)c2cc(Cl)ccc21. The number of hydrogen-bond acceptors (Lipinski definition) is 4. The lowest BCUT2D eigenvalue weighted by Gasteiger charge is -2.30. The highest BCUT2D eigenvalue weighted by Gasteiger charge is 2.21. The molecule has 0 saturated carbocycles. The number of aliphatic hydroxyl groups excluding tert-OH is 1. The second kappa shape index (κ2) is 8.99. The van der Waals surface area contributed by atoms with E-state index in [0.29, 0.717) is 29.0 Å². The van der Waals surface area contributed by atoms with Gasteiger partial charge in [-0.3, -0.25) is 18.8 Å². The number of fused-ring (bicyclic) bond motifs is 2. The lowest BCUT2D eigenvalue weighted by atomic mass is 10.00. The Hall–Kier alpha value is -2.41. The first-order valence-corrected chi connectivity index (χ1v) is 11.1. The number of benzene rings is 2. The van der Waals surface area contributed by atoms with Crippen LogP contribution in [-0.2, 0) is 26.1 Å². The Balaban J connectivity index is 1.62. The number of β-amino-alcohol motifs (C(OH)–C–C–N with tert-alkyl or cyclic N) is 1. The number of hydrogen-bond donors (Lipinski definition) is 1. The summed E-state index contributed by atoms with van der Waals surface area (Å²) in [6.07, 6.45) is 0.0956. The molecule has 0 amide bonds. The van der Waals surface area contributed by atoms with Crippen LogP contribution in [-0.4, -0.2) is 38.3 Å². The van der Waals surface area contributed by atoms with Crippen molar-refractivity contribution in [2.45, 2.75) is 46.0 Å². The molecule has 1 aromatic heterocycles. The maximum Gasteiger partial charge on any atom is 0.331 e. The molecule has 0 radical (unpaired) electrons. The molecular formula is C24H28ClN3O3. The lowest BCUT2D eigenvalue weighted by molar-refractivity contribution is 0.0896. The van der Waals surface area contributed by atoms with Crippen molar-refractivity contribution in [1.82, 2.24) is 14.0 Å². The molecule has 0 unspecified atom stereocenters. The van der Waals surface area contributed by atoms with E-state index >= 15 is 0 Å². The summed E-state index contributed by atoms with van der Waals surface area (Å²) in [6, 6.07) is 13.3. The number of aromatic nitrogens is 2. The fourth-order valence-electron chi connectivity index (χ4n) is 4.38. The van der Waals surface area contributed by atoms with Crippen LogP contribution in [0.15, 0.2) is 52.1 Å². The largest absolute Gasteiger partial charge is 0.390 e. The molecule has 0 bridgehead atoms. The van der Waals surface area contributed by atoms with Gasteiger partial charge in [-0.15, -0.1) is 0 Å². The fourth-order valence-corrected chi connectivity index (χ4v) is 4.55. The molecule has 0 saturated heterocycles. The van der Waals surface area contributed by atoms with Crippen LogP contribution in [0.5, 0.6) is 0 Å². The maximum atomic E-state index is 13.2. The van der Waals surface area contributed by atoms with Crippen LogP contribution in [0.4, 0.5) is 0 Å². The summed E-state index contributed by atoms with van der Waals surface area (Å²) in [7, 11) is 0. The van der Waals surface area contributed by atoms with Crippen molar-refractivity contribution >= 4 is 22.5 Å². The smallest absolute Gasteiger partial charge is 0.331 e. The predicted octanol–water partition coefficient (Wildman–Crippen LogP) is 2.89. The van der Waals surface area contributed by atoms with Crippen molar-refractivity contribution in [3.05, 3.63) is 79.5 Å². The van der Waals surface area contributed by atoms with Gasteiger partial charge in [0, 0.05) is 31.2 Å². The topological polar surface area (TPSA) is 67.5 Å². The Morgan fingerprint density at radius 3 is 2.48 bits per heavy atom. The minimum atomic E-state index is -0.834. The van der Waals surface area contributed by atoms with Gasteiger partial charge in [0.1, 0.15) is 0 Å². The molecule has 7 heteroatoms. The molecule has 0 aliphatic carbocycles. The van der Waals surface area contributed by atoms with Crippen LogP contribution in [0.3, 0.4) is 0 Å². The number of aliphatic hydroxyl groups is 1. The van der Waals surface area contributed by atoms with Crippen molar-refractivity contribution in [1.29, 1.82) is 0 Å². The molecule has 0 spiro atoms. The maximum absolute atomic E-state index is 13.2. The van der Waals surface area contributed by atoms with E-state index in [-0.39, 0.29) is 12.5 Å². The van der Waals surface area contributed by atoms with Crippen molar-refractivity contribution in [3.63, 3.8) is 0 Å². The van der Waals surface area contributed by atoms with E-state index in [1.54, 1.807) is 22.8 Å². The van der Waals surface area contributed by atoms with Crippen LogP contribution >= 0.6 is 11.6 Å². The minimum Gasteiger partial charge on any atom is -0.390 e. The molecular weight excluding hydrogens is 414 g/mol. The van der Waals surface area contributed by atoms with E-state index in [4.69, 9.17) is 11.6 Å². The standard InChI is InChI=1S/C24H28ClN3O3/c1-16(2)12-27-22-8-7-19(25)11-21(22)23(30)28(24(27)31)15-20(29)14-26-10-9-17-5-3-4-6-18(17)13-26/h3-8,11,16,20,29H,9-10,12-15H2,1-2H3/t20-/m1/s1. The first-order valence-electron chi connectivity index (χ1n) is 10.7. The quantitative estimate of drug-likeness (QED) is 0.638. The molecule has 0 fully saturated rings. The Kier molecular flexibility index (Phi) is 6.32. The van der Waals surface area contributed by atoms with Gasteiger partial charge in [0.05, 0.1) is 23.6 Å². The second-order valence-electron chi connectivity index (χ2n) is 8.77. The molecule has 2 aromatic carbocycles. The molecule has 1 atom stereocenters. The number of rotatable bonds is 6. The van der Waals surface area contributed by atoms with Crippen molar-refractivity contribution in [3.8, 4) is 0 Å². The van der Waals surface area contributed by atoms with Gasteiger partial charge in [-0.25, -0.2) is 4.79 Å². The first-order chi connectivity index (χ1) is 14.8. The summed E-state index contributed by atoms with van der Waals surface area (Å²) in [5, 5.41) is 11.6. The van der Waals surface area contributed by atoms with Crippen molar-refractivity contribution in [2.75, 3.05) is 13.1 Å². The van der Waals surface area contributed by atoms with Crippen LogP contribution in [0.2, 0.25) is 5.02 Å². The normalized spacial score (nSPS) is 15.4. The molecule has 2 heterocycles. The molecule has 31 heavy (non-hydrogen) atoms. The van der Waals surface area contributed by atoms with Gasteiger partial charge >= 0.3 is 5.69 Å². The van der Waals surface area contributed by atoms with E-state index in [2.05, 4.69) is 17.0 Å². The predicted molar refractivity (Wildman–Crippen MR) is 124 cm³/mol. The molecule has 6 nitrogen and oxygen atoms in total. The van der Waals surface area contributed by atoms with Gasteiger partial charge in [0.2, 0.25) is 0 Å². The average molecular weight is 442 g/mol.